The van der Waals surface area contributed by atoms with Crippen molar-refractivity contribution in [3.8, 4) is 0 Å². The van der Waals surface area contributed by atoms with Crippen LogP contribution in [0.25, 0.3) is 0 Å². The summed E-state index contributed by atoms with van der Waals surface area (Å²) in [6, 6.07) is 0. The molecule has 0 heterocycles. The Bertz CT molecular complexity index is 154. The predicted octanol–water partition coefficient (Wildman–Crippen LogP) is 2.01. The smallest absolute Gasteiger partial charge is 0.00152 e. The molecule has 2 nitrogen and oxygen atoms in total. The van der Waals surface area contributed by atoms with Crippen LogP contribution in [0, 0.1) is 11.3 Å². The Morgan fingerprint density at radius 1 is 1.14 bits per heavy atom. The molecule has 1 aliphatic carbocycles. The molecular weight excluding hydrogens is 172 g/mol. The van der Waals surface area contributed by atoms with E-state index in [1.807, 2.05) is 0 Å². The molecule has 0 aromatic heterocycles. The monoisotopic (exact) mass is 198 g/mol. The first kappa shape index (κ1) is 12.0. The van der Waals surface area contributed by atoms with E-state index in [1.165, 1.54) is 32.4 Å². The molecule has 1 rings (SSSR count). The lowest BCUT2D eigenvalue weighted by molar-refractivity contribution is 0.510. The highest BCUT2D eigenvalue weighted by atomic mass is 14.9. The van der Waals surface area contributed by atoms with Gasteiger partial charge in [0.15, 0.2) is 0 Å². The van der Waals surface area contributed by atoms with Crippen LogP contribution in [0.2, 0.25) is 0 Å². The van der Waals surface area contributed by atoms with Gasteiger partial charge in [0.1, 0.15) is 0 Å². The third kappa shape index (κ3) is 4.43. The third-order valence-electron chi connectivity index (χ3n) is 3.24. The zero-order valence-corrected chi connectivity index (χ0v) is 10.0. The summed E-state index contributed by atoms with van der Waals surface area (Å²) in [5.41, 5.74) is 0.632. The van der Waals surface area contributed by atoms with E-state index in [4.69, 9.17) is 0 Å². The molecular formula is C12H26N2. The Hall–Kier alpha value is -0.0800. The van der Waals surface area contributed by atoms with Crippen molar-refractivity contribution in [2.24, 2.45) is 11.3 Å². The van der Waals surface area contributed by atoms with E-state index >= 15 is 0 Å². The summed E-state index contributed by atoms with van der Waals surface area (Å²) in [6.45, 7) is 11.7. The summed E-state index contributed by atoms with van der Waals surface area (Å²) in [5, 5.41) is 6.95. The lowest BCUT2D eigenvalue weighted by Crippen LogP contribution is -2.24. The standard InChI is InChI=1S/C12H26N2/c1-4-6-13-7-5-8-14-10-11-9-12(11,2)3/h11,13-14H,4-10H2,1-3H3. The minimum absolute atomic E-state index is 0.632. The molecule has 1 aliphatic rings. The Morgan fingerprint density at radius 2 is 1.79 bits per heavy atom. The Kier molecular flexibility index (Phi) is 4.90. The van der Waals surface area contributed by atoms with Gasteiger partial charge in [0.2, 0.25) is 0 Å². The van der Waals surface area contributed by atoms with E-state index in [0.29, 0.717) is 5.41 Å². The van der Waals surface area contributed by atoms with Crippen LogP contribution in [-0.4, -0.2) is 26.2 Å². The molecule has 1 atom stereocenters. The maximum Gasteiger partial charge on any atom is -0.00152 e. The summed E-state index contributed by atoms with van der Waals surface area (Å²) in [7, 11) is 0. The Balaban J connectivity index is 1.77. The normalized spacial score (nSPS) is 23.8. The van der Waals surface area contributed by atoms with E-state index < -0.39 is 0 Å². The highest BCUT2D eigenvalue weighted by molar-refractivity contribution is 4.95. The molecule has 1 unspecified atom stereocenters. The van der Waals surface area contributed by atoms with Gasteiger partial charge in [0.05, 0.1) is 0 Å². The van der Waals surface area contributed by atoms with Crippen LogP contribution < -0.4 is 10.6 Å². The molecule has 0 saturated heterocycles. The van der Waals surface area contributed by atoms with Crippen LogP contribution in [0.3, 0.4) is 0 Å². The van der Waals surface area contributed by atoms with E-state index in [0.717, 1.165) is 19.0 Å². The van der Waals surface area contributed by atoms with Gasteiger partial charge in [-0.05, 0) is 56.8 Å². The van der Waals surface area contributed by atoms with Gasteiger partial charge in [-0.15, -0.1) is 0 Å². The third-order valence-corrected chi connectivity index (χ3v) is 3.24. The maximum absolute atomic E-state index is 3.54. The summed E-state index contributed by atoms with van der Waals surface area (Å²) >= 11 is 0. The highest BCUT2D eigenvalue weighted by Gasteiger charge is 2.44. The van der Waals surface area contributed by atoms with Crippen molar-refractivity contribution < 1.29 is 0 Å². The first-order valence-electron chi connectivity index (χ1n) is 6.08. The molecule has 1 fully saturated rings. The zero-order valence-electron chi connectivity index (χ0n) is 10.0. The van der Waals surface area contributed by atoms with Gasteiger partial charge in [0.25, 0.3) is 0 Å². The first-order valence-corrected chi connectivity index (χ1v) is 6.08. The zero-order chi connectivity index (χ0) is 10.4. The Morgan fingerprint density at radius 3 is 2.36 bits per heavy atom. The second-order valence-corrected chi connectivity index (χ2v) is 5.20. The van der Waals surface area contributed by atoms with Crippen molar-refractivity contribution in [1.29, 1.82) is 0 Å². The Labute approximate surface area is 88.8 Å². The van der Waals surface area contributed by atoms with Gasteiger partial charge in [-0.3, -0.25) is 0 Å². The molecule has 1 saturated carbocycles. The molecule has 0 bridgehead atoms. The molecule has 0 aromatic carbocycles. The van der Waals surface area contributed by atoms with Crippen LogP contribution in [0.4, 0.5) is 0 Å². The van der Waals surface area contributed by atoms with E-state index in [2.05, 4.69) is 31.4 Å². The van der Waals surface area contributed by atoms with Gasteiger partial charge >= 0.3 is 0 Å². The number of hydrogen-bond donors (Lipinski definition) is 2. The van der Waals surface area contributed by atoms with Gasteiger partial charge in [0, 0.05) is 0 Å². The van der Waals surface area contributed by atoms with Crippen molar-refractivity contribution in [3.63, 3.8) is 0 Å². The second-order valence-electron chi connectivity index (χ2n) is 5.20. The van der Waals surface area contributed by atoms with Gasteiger partial charge in [-0.1, -0.05) is 20.8 Å². The molecule has 2 N–H and O–H groups in total. The lowest BCUT2D eigenvalue weighted by atomic mass is 10.1. The fourth-order valence-corrected chi connectivity index (χ4v) is 1.84. The van der Waals surface area contributed by atoms with Crippen molar-refractivity contribution in [3.05, 3.63) is 0 Å². The number of rotatable bonds is 8. The maximum atomic E-state index is 3.54. The SMILES string of the molecule is CCCNCCCNCC1CC1(C)C. The predicted molar refractivity (Wildman–Crippen MR) is 62.5 cm³/mol. The van der Waals surface area contributed by atoms with Crippen LogP contribution in [-0.2, 0) is 0 Å². The van der Waals surface area contributed by atoms with Crippen molar-refractivity contribution in [2.45, 2.75) is 40.0 Å². The molecule has 0 aromatic rings. The molecule has 0 spiro atoms. The average molecular weight is 198 g/mol. The van der Waals surface area contributed by atoms with Crippen LogP contribution in [0.15, 0.2) is 0 Å². The summed E-state index contributed by atoms with van der Waals surface area (Å²) in [4.78, 5) is 0. The van der Waals surface area contributed by atoms with Crippen molar-refractivity contribution in [1.82, 2.24) is 10.6 Å². The van der Waals surface area contributed by atoms with E-state index in [9.17, 15) is 0 Å². The molecule has 0 aliphatic heterocycles. The summed E-state index contributed by atoms with van der Waals surface area (Å²) in [6.07, 6.45) is 3.91. The van der Waals surface area contributed by atoms with Gasteiger partial charge in [-0.2, -0.15) is 0 Å². The molecule has 14 heavy (non-hydrogen) atoms. The quantitative estimate of drug-likeness (QED) is 0.583. The van der Waals surface area contributed by atoms with Crippen LogP contribution >= 0.6 is 0 Å². The fourth-order valence-electron chi connectivity index (χ4n) is 1.84. The molecule has 0 amide bonds. The van der Waals surface area contributed by atoms with Gasteiger partial charge < -0.3 is 10.6 Å². The molecule has 2 heteroatoms. The van der Waals surface area contributed by atoms with Gasteiger partial charge in [-0.25, -0.2) is 0 Å². The van der Waals surface area contributed by atoms with Crippen LogP contribution in [0.1, 0.15) is 40.0 Å². The number of nitrogens with one attached hydrogen (secondary N) is 2. The summed E-state index contributed by atoms with van der Waals surface area (Å²) < 4.78 is 0. The lowest BCUT2D eigenvalue weighted by Gasteiger charge is -2.06. The second kappa shape index (κ2) is 5.72. The minimum Gasteiger partial charge on any atom is -0.317 e. The van der Waals surface area contributed by atoms with E-state index in [-0.39, 0.29) is 0 Å². The largest absolute Gasteiger partial charge is 0.317 e. The van der Waals surface area contributed by atoms with Crippen molar-refractivity contribution in [2.75, 3.05) is 26.2 Å². The topological polar surface area (TPSA) is 24.1 Å². The first-order chi connectivity index (χ1) is 6.67. The average Bonchev–Trinajstić information content (AvgIpc) is 2.73. The highest BCUT2D eigenvalue weighted by Crippen LogP contribution is 2.50. The molecule has 0 radical (unpaired) electrons. The fraction of sp³-hybridized carbons (Fsp3) is 1.00. The minimum atomic E-state index is 0.632. The van der Waals surface area contributed by atoms with Crippen LogP contribution in [0.5, 0.6) is 0 Å². The van der Waals surface area contributed by atoms with E-state index in [1.54, 1.807) is 0 Å². The number of hydrogen-bond acceptors (Lipinski definition) is 2. The molecule has 84 valence electrons. The summed E-state index contributed by atoms with van der Waals surface area (Å²) in [5.74, 6) is 0.936. The van der Waals surface area contributed by atoms with Crippen molar-refractivity contribution >= 4 is 0 Å².